The lowest BCUT2D eigenvalue weighted by atomic mass is 9.96. The zero-order valence-electron chi connectivity index (χ0n) is 12.6. The molecule has 0 aliphatic carbocycles. The van der Waals surface area contributed by atoms with Gasteiger partial charge in [-0.05, 0) is 37.9 Å². The van der Waals surface area contributed by atoms with Crippen LogP contribution in [0.2, 0.25) is 0 Å². The molecule has 0 fully saturated rings. The number of carbonyl (C=O) groups is 1. The maximum atomic E-state index is 11.1. The molecule has 0 heterocycles. The first kappa shape index (κ1) is 16.7. The summed E-state index contributed by atoms with van der Waals surface area (Å²) in [6.45, 7) is 7.41. The molecule has 4 nitrogen and oxygen atoms in total. The molecule has 0 saturated heterocycles. The Morgan fingerprint density at radius 2 is 2.05 bits per heavy atom. The third-order valence-electron chi connectivity index (χ3n) is 3.67. The molecule has 0 spiro atoms. The van der Waals surface area contributed by atoms with Crippen LogP contribution in [-0.2, 0) is 11.2 Å². The summed E-state index contributed by atoms with van der Waals surface area (Å²) in [5, 5.41) is 18.2. The number of hydrogen-bond donors (Lipinski definition) is 2. The third-order valence-corrected chi connectivity index (χ3v) is 3.67. The minimum Gasteiger partial charge on any atom is -0.481 e. The van der Waals surface area contributed by atoms with Gasteiger partial charge in [-0.15, -0.1) is 0 Å². The second-order valence-corrected chi connectivity index (χ2v) is 5.24. The summed E-state index contributed by atoms with van der Waals surface area (Å²) < 4.78 is 0. The third kappa shape index (κ3) is 4.94. The molecule has 1 atom stereocenters. The van der Waals surface area contributed by atoms with Gasteiger partial charge in [0.1, 0.15) is 0 Å². The summed E-state index contributed by atoms with van der Waals surface area (Å²) in [4.78, 5) is 13.1. The van der Waals surface area contributed by atoms with Crippen LogP contribution in [0, 0.1) is 13.8 Å². The highest BCUT2D eigenvalue weighted by Gasteiger charge is 2.21. The zero-order valence-corrected chi connectivity index (χ0v) is 12.6. The van der Waals surface area contributed by atoms with E-state index < -0.39 is 5.97 Å². The van der Waals surface area contributed by atoms with Crippen molar-refractivity contribution < 1.29 is 15.0 Å². The van der Waals surface area contributed by atoms with Crippen molar-refractivity contribution in [2.24, 2.45) is 0 Å². The number of likely N-dealkylation sites (N-methyl/N-ethyl adjacent to an activating group) is 1. The fraction of sp³-hybridized carbons (Fsp3) is 0.562. The molecule has 2 N–H and O–H groups in total. The van der Waals surface area contributed by atoms with E-state index in [2.05, 4.69) is 32.0 Å². The highest BCUT2D eigenvalue weighted by molar-refractivity contribution is 5.67. The molecule has 1 aromatic rings. The summed E-state index contributed by atoms with van der Waals surface area (Å²) in [6.07, 6.45) is 0.799. The number of aryl methyl sites for hydroxylation is 2. The van der Waals surface area contributed by atoms with Crippen LogP contribution >= 0.6 is 0 Å². The monoisotopic (exact) mass is 279 g/mol. The van der Waals surface area contributed by atoms with E-state index in [0.717, 1.165) is 6.54 Å². The van der Waals surface area contributed by atoms with Crippen molar-refractivity contribution in [3.63, 3.8) is 0 Å². The number of hydrogen-bond acceptors (Lipinski definition) is 3. The van der Waals surface area contributed by atoms with E-state index in [0.29, 0.717) is 13.0 Å². The number of aliphatic carboxylic acids is 1. The van der Waals surface area contributed by atoms with Crippen LogP contribution < -0.4 is 0 Å². The van der Waals surface area contributed by atoms with Gasteiger partial charge in [-0.2, -0.15) is 0 Å². The highest BCUT2D eigenvalue weighted by Crippen LogP contribution is 2.17. The quantitative estimate of drug-likeness (QED) is 0.764. The largest absolute Gasteiger partial charge is 0.481 e. The zero-order chi connectivity index (χ0) is 15.1. The molecule has 0 amide bonds. The van der Waals surface area contributed by atoms with Crippen molar-refractivity contribution in [3.8, 4) is 0 Å². The van der Waals surface area contributed by atoms with Gasteiger partial charge in [0.05, 0.1) is 13.0 Å². The Morgan fingerprint density at radius 3 is 2.55 bits per heavy atom. The van der Waals surface area contributed by atoms with E-state index in [-0.39, 0.29) is 19.1 Å². The second kappa shape index (κ2) is 8.02. The molecule has 0 saturated carbocycles. The van der Waals surface area contributed by atoms with Crippen LogP contribution in [0.1, 0.15) is 30.0 Å². The predicted octanol–water partition coefficient (Wildman–Crippen LogP) is 2.00. The number of aliphatic hydroxyl groups excluding tert-OH is 1. The molecule has 0 aliphatic rings. The Morgan fingerprint density at radius 1 is 1.35 bits per heavy atom. The maximum Gasteiger partial charge on any atom is 0.304 e. The molecule has 4 heteroatoms. The van der Waals surface area contributed by atoms with E-state index in [4.69, 9.17) is 10.2 Å². The first-order valence-electron chi connectivity index (χ1n) is 7.10. The SMILES string of the molecule is CCN(CCO)C(CC(=O)O)Cc1ccc(C)cc1C. The summed E-state index contributed by atoms with van der Waals surface area (Å²) in [5.74, 6) is -0.795. The van der Waals surface area contributed by atoms with E-state index >= 15 is 0 Å². The second-order valence-electron chi connectivity index (χ2n) is 5.24. The Balaban J connectivity index is 2.90. The van der Waals surface area contributed by atoms with Crippen LogP contribution in [0.3, 0.4) is 0 Å². The lowest BCUT2D eigenvalue weighted by molar-refractivity contribution is -0.138. The van der Waals surface area contributed by atoms with E-state index in [1.165, 1.54) is 16.7 Å². The van der Waals surface area contributed by atoms with Crippen molar-refractivity contribution in [1.82, 2.24) is 4.90 Å². The number of rotatable bonds is 8. The van der Waals surface area contributed by atoms with Crippen molar-refractivity contribution in [2.75, 3.05) is 19.7 Å². The molecule has 0 aromatic heterocycles. The maximum absolute atomic E-state index is 11.1. The molecule has 1 unspecified atom stereocenters. The first-order chi connectivity index (χ1) is 9.47. The number of carboxylic acids is 1. The molecule has 20 heavy (non-hydrogen) atoms. The molecule has 1 rings (SSSR count). The number of carboxylic acid groups (broad SMARTS) is 1. The number of nitrogens with zero attached hydrogens (tertiary/aromatic N) is 1. The van der Waals surface area contributed by atoms with Crippen LogP contribution in [0.4, 0.5) is 0 Å². The van der Waals surface area contributed by atoms with E-state index in [1.807, 2.05) is 11.8 Å². The van der Waals surface area contributed by atoms with Gasteiger partial charge < -0.3 is 10.2 Å². The van der Waals surface area contributed by atoms with E-state index in [1.54, 1.807) is 0 Å². The predicted molar refractivity (Wildman–Crippen MR) is 80.0 cm³/mol. The summed E-state index contributed by atoms with van der Waals surface area (Å²) >= 11 is 0. The minimum atomic E-state index is -0.795. The number of benzene rings is 1. The fourth-order valence-electron chi connectivity index (χ4n) is 2.59. The van der Waals surface area contributed by atoms with Gasteiger partial charge >= 0.3 is 5.97 Å². The van der Waals surface area contributed by atoms with Crippen LogP contribution in [0.5, 0.6) is 0 Å². The molecular weight excluding hydrogens is 254 g/mol. The molecule has 0 radical (unpaired) electrons. The Kier molecular flexibility index (Phi) is 6.68. The summed E-state index contributed by atoms with van der Waals surface area (Å²) in [5.41, 5.74) is 3.59. The van der Waals surface area contributed by atoms with Crippen LogP contribution in [0.25, 0.3) is 0 Å². The first-order valence-corrected chi connectivity index (χ1v) is 7.10. The van der Waals surface area contributed by atoms with E-state index in [9.17, 15) is 4.79 Å². The Labute approximate surface area is 121 Å². The molecule has 0 bridgehead atoms. The molecule has 112 valence electrons. The molecule has 1 aromatic carbocycles. The van der Waals surface area contributed by atoms with Gasteiger partial charge in [0.2, 0.25) is 0 Å². The van der Waals surface area contributed by atoms with Gasteiger partial charge in [0.15, 0.2) is 0 Å². The summed E-state index contributed by atoms with van der Waals surface area (Å²) in [7, 11) is 0. The minimum absolute atomic E-state index is 0.0524. The lowest BCUT2D eigenvalue weighted by Crippen LogP contribution is -2.40. The molecule has 0 aliphatic heterocycles. The van der Waals surface area contributed by atoms with Crippen molar-refractivity contribution in [1.29, 1.82) is 0 Å². The normalized spacial score (nSPS) is 12.7. The smallest absolute Gasteiger partial charge is 0.304 e. The number of aliphatic hydroxyl groups is 1. The van der Waals surface area contributed by atoms with Gasteiger partial charge in [-0.1, -0.05) is 30.7 Å². The van der Waals surface area contributed by atoms with Gasteiger partial charge in [-0.25, -0.2) is 0 Å². The summed E-state index contributed by atoms with van der Waals surface area (Å²) in [6, 6.07) is 6.18. The Bertz CT molecular complexity index is 445. The van der Waals surface area contributed by atoms with Gasteiger partial charge in [0.25, 0.3) is 0 Å². The van der Waals surface area contributed by atoms with Crippen molar-refractivity contribution in [3.05, 3.63) is 34.9 Å². The van der Waals surface area contributed by atoms with Crippen molar-refractivity contribution in [2.45, 2.75) is 39.7 Å². The van der Waals surface area contributed by atoms with Crippen LogP contribution in [-0.4, -0.2) is 46.8 Å². The molecular formula is C16H25NO3. The fourth-order valence-corrected chi connectivity index (χ4v) is 2.59. The average molecular weight is 279 g/mol. The topological polar surface area (TPSA) is 60.8 Å². The lowest BCUT2D eigenvalue weighted by Gasteiger charge is -2.29. The average Bonchev–Trinajstić information content (AvgIpc) is 2.37. The van der Waals surface area contributed by atoms with Gasteiger partial charge in [0, 0.05) is 12.6 Å². The van der Waals surface area contributed by atoms with Crippen LogP contribution in [0.15, 0.2) is 18.2 Å². The van der Waals surface area contributed by atoms with Gasteiger partial charge in [-0.3, -0.25) is 9.69 Å². The van der Waals surface area contributed by atoms with Crippen molar-refractivity contribution >= 4 is 5.97 Å². The Hall–Kier alpha value is -1.39. The standard InChI is InChI=1S/C16H25NO3/c1-4-17(7-8-18)15(11-16(19)20)10-14-6-5-12(2)9-13(14)3/h5-6,9,15,18H,4,7-8,10-11H2,1-3H3,(H,19,20). The highest BCUT2D eigenvalue weighted by atomic mass is 16.4.